The van der Waals surface area contributed by atoms with Crippen LogP contribution in [0.15, 0.2) is 28.7 Å². The van der Waals surface area contributed by atoms with E-state index in [2.05, 4.69) is 4.98 Å². The van der Waals surface area contributed by atoms with Gasteiger partial charge in [-0.1, -0.05) is 23.8 Å². The molecule has 116 valence electrons. The van der Waals surface area contributed by atoms with Gasteiger partial charge in [-0.25, -0.2) is 4.98 Å². The van der Waals surface area contributed by atoms with E-state index in [1.807, 2.05) is 38.1 Å². The summed E-state index contributed by atoms with van der Waals surface area (Å²) in [4.78, 5) is 17.4. The fraction of sp³-hybridized carbons (Fsp3) is 0.263. The van der Waals surface area contributed by atoms with Crippen LogP contribution < -0.4 is 5.73 Å². The third-order valence-corrected chi connectivity index (χ3v) is 4.58. The van der Waals surface area contributed by atoms with Crippen LogP contribution in [0.3, 0.4) is 0 Å². The number of nitrogens with two attached hydrogens (primary N) is 1. The summed E-state index contributed by atoms with van der Waals surface area (Å²) >= 11 is 0. The molecule has 2 aromatic heterocycles. The normalized spacial score (nSPS) is 13.5. The van der Waals surface area contributed by atoms with Gasteiger partial charge in [-0.2, -0.15) is 0 Å². The minimum atomic E-state index is -0.182. The summed E-state index contributed by atoms with van der Waals surface area (Å²) in [7, 11) is 0. The Morgan fingerprint density at radius 3 is 2.83 bits per heavy atom. The van der Waals surface area contributed by atoms with Crippen LogP contribution in [0.2, 0.25) is 0 Å². The van der Waals surface area contributed by atoms with Crippen LogP contribution in [-0.4, -0.2) is 10.8 Å². The highest BCUT2D eigenvalue weighted by Crippen LogP contribution is 2.33. The Balaban J connectivity index is 1.85. The van der Waals surface area contributed by atoms with Crippen LogP contribution in [0.5, 0.6) is 0 Å². The van der Waals surface area contributed by atoms with Gasteiger partial charge in [0.15, 0.2) is 0 Å². The average molecular weight is 306 g/mol. The van der Waals surface area contributed by atoms with Crippen LogP contribution in [0.1, 0.15) is 44.9 Å². The smallest absolute Gasteiger partial charge is 0.230 e. The molecule has 4 nitrogen and oxygen atoms in total. The number of rotatable bonds is 2. The lowest BCUT2D eigenvalue weighted by molar-refractivity contribution is 0.101. The van der Waals surface area contributed by atoms with E-state index in [-0.39, 0.29) is 11.5 Å². The Hall–Kier alpha value is -2.62. The molecular formula is C19H18N2O2. The molecule has 0 fully saturated rings. The van der Waals surface area contributed by atoms with Crippen molar-refractivity contribution in [1.29, 1.82) is 0 Å². The number of pyridine rings is 1. The maximum absolute atomic E-state index is 12.8. The van der Waals surface area contributed by atoms with Gasteiger partial charge in [0.05, 0.1) is 11.1 Å². The van der Waals surface area contributed by atoms with Crippen LogP contribution >= 0.6 is 0 Å². The van der Waals surface area contributed by atoms with E-state index >= 15 is 0 Å². The molecule has 2 N–H and O–H groups in total. The first kappa shape index (κ1) is 14.0. The molecule has 0 saturated heterocycles. The quantitative estimate of drug-likeness (QED) is 0.732. The molecule has 0 spiro atoms. The number of aromatic nitrogens is 1. The molecule has 0 saturated carbocycles. The molecule has 0 unspecified atom stereocenters. The SMILES string of the molecule is Cc1ccc(C(=O)c2oc3nc4c(cc3c2N)CCC4)c(C)c1. The van der Waals surface area contributed by atoms with Crippen molar-refractivity contribution < 1.29 is 9.21 Å². The van der Waals surface area contributed by atoms with Crippen molar-refractivity contribution >= 4 is 22.6 Å². The third-order valence-electron chi connectivity index (χ3n) is 4.58. The number of aryl methyl sites for hydroxylation is 4. The summed E-state index contributed by atoms with van der Waals surface area (Å²) in [5.74, 6) is 0.0151. The standard InChI is InChI=1S/C19H18N2O2/c1-10-6-7-13(11(2)8-10)17(22)18-16(20)14-9-12-4-3-5-15(12)21-19(14)23-18/h6-9H,3-5,20H2,1-2H3. The maximum atomic E-state index is 12.8. The van der Waals surface area contributed by atoms with Crippen LogP contribution in [-0.2, 0) is 12.8 Å². The summed E-state index contributed by atoms with van der Waals surface area (Å²) < 4.78 is 5.74. The van der Waals surface area contributed by atoms with Crippen LogP contribution in [0.4, 0.5) is 5.69 Å². The zero-order valence-electron chi connectivity index (χ0n) is 13.3. The average Bonchev–Trinajstić information content (AvgIpc) is 3.09. The molecule has 0 bridgehead atoms. The number of carbonyl (C=O) groups is 1. The van der Waals surface area contributed by atoms with E-state index in [0.29, 0.717) is 17.0 Å². The highest BCUT2D eigenvalue weighted by molar-refractivity contribution is 6.14. The van der Waals surface area contributed by atoms with Gasteiger partial charge in [0.2, 0.25) is 17.3 Å². The van der Waals surface area contributed by atoms with Crippen LogP contribution in [0, 0.1) is 13.8 Å². The molecule has 2 heterocycles. The molecule has 4 heteroatoms. The van der Waals surface area contributed by atoms with Crippen molar-refractivity contribution in [2.75, 3.05) is 5.73 Å². The second-order valence-corrected chi connectivity index (χ2v) is 6.29. The summed E-state index contributed by atoms with van der Waals surface area (Å²) in [6, 6.07) is 7.76. The Morgan fingerprint density at radius 2 is 2.04 bits per heavy atom. The first-order valence-electron chi connectivity index (χ1n) is 7.87. The summed E-state index contributed by atoms with van der Waals surface area (Å²) in [6.45, 7) is 3.92. The van der Waals surface area contributed by atoms with Crippen molar-refractivity contribution in [3.8, 4) is 0 Å². The molecule has 0 amide bonds. The molecule has 1 aliphatic rings. The molecular weight excluding hydrogens is 288 g/mol. The number of benzene rings is 1. The topological polar surface area (TPSA) is 69.1 Å². The number of nitrogens with zero attached hydrogens (tertiary/aromatic N) is 1. The van der Waals surface area contributed by atoms with Gasteiger partial charge in [-0.15, -0.1) is 0 Å². The second-order valence-electron chi connectivity index (χ2n) is 6.29. The Morgan fingerprint density at radius 1 is 1.22 bits per heavy atom. The Kier molecular flexibility index (Phi) is 3.01. The van der Waals surface area contributed by atoms with Crippen LogP contribution in [0.25, 0.3) is 11.1 Å². The molecule has 3 aromatic rings. The predicted octanol–water partition coefficient (Wildman–Crippen LogP) is 3.75. The molecule has 0 radical (unpaired) electrons. The first-order chi connectivity index (χ1) is 11.0. The van der Waals surface area contributed by atoms with Gasteiger partial charge in [-0.3, -0.25) is 4.79 Å². The fourth-order valence-electron chi connectivity index (χ4n) is 3.36. The third kappa shape index (κ3) is 2.13. The molecule has 4 rings (SSSR count). The van der Waals surface area contributed by atoms with Gasteiger partial charge in [-0.05, 0) is 50.3 Å². The number of furan rings is 1. The highest BCUT2D eigenvalue weighted by Gasteiger charge is 2.24. The molecule has 1 aromatic carbocycles. The lowest BCUT2D eigenvalue weighted by atomic mass is 10.00. The minimum Gasteiger partial charge on any atom is -0.432 e. The first-order valence-corrected chi connectivity index (χ1v) is 7.87. The molecule has 23 heavy (non-hydrogen) atoms. The number of ketones is 1. The fourth-order valence-corrected chi connectivity index (χ4v) is 3.36. The molecule has 1 aliphatic carbocycles. The van der Waals surface area contributed by atoms with E-state index in [9.17, 15) is 4.79 Å². The maximum Gasteiger partial charge on any atom is 0.230 e. The van der Waals surface area contributed by atoms with Gasteiger partial charge in [0, 0.05) is 11.3 Å². The lowest BCUT2D eigenvalue weighted by Gasteiger charge is -2.04. The van der Waals surface area contributed by atoms with Crippen molar-refractivity contribution in [1.82, 2.24) is 4.98 Å². The molecule has 0 aliphatic heterocycles. The summed E-state index contributed by atoms with van der Waals surface area (Å²) in [5, 5.41) is 0.749. The van der Waals surface area contributed by atoms with E-state index in [0.717, 1.165) is 41.5 Å². The van der Waals surface area contributed by atoms with Crippen molar-refractivity contribution in [3.63, 3.8) is 0 Å². The number of hydrogen-bond donors (Lipinski definition) is 1. The monoisotopic (exact) mass is 306 g/mol. The number of fused-ring (bicyclic) bond motifs is 2. The van der Waals surface area contributed by atoms with E-state index in [4.69, 9.17) is 10.2 Å². The van der Waals surface area contributed by atoms with Gasteiger partial charge < -0.3 is 10.2 Å². The predicted molar refractivity (Wildman–Crippen MR) is 89.8 cm³/mol. The van der Waals surface area contributed by atoms with Gasteiger partial charge >= 0.3 is 0 Å². The number of carbonyl (C=O) groups excluding carboxylic acids is 1. The van der Waals surface area contributed by atoms with E-state index < -0.39 is 0 Å². The lowest BCUT2D eigenvalue weighted by Crippen LogP contribution is -2.05. The number of anilines is 1. The zero-order valence-corrected chi connectivity index (χ0v) is 13.3. The minimum absolute atomic E-state index is 0.182. The van der Waals surface area contributed by atoms with Gasteiger partial charge in [0.25, 0.3) is 0 Å². The summed E-state index contributed by atoms with van der Waals surface area (Å²) in [5.41, 5.74) is 12.0. The van der Waals surface area contributed by atoms with Crippen molar-refractivity contribution in [2.24, 2.45) is 0 Å². The molecule has 0 atom stereocenters. The highest BCUT2D eigenvalue weighted by atomic mass is 16.4. The largest absolute Gasteiger partial charge is 0.432 e. The van der Waals surface area contributed by atoms with Crippen molar-refractivity contribution in [2.45, 2.75) is 33.1 Å². The Labute approximate surface area is 134 Å². The number of nitrogen functional groups attached to an aromatic ring is 1. The summed E-state index contributed by atoms with van der Waals surface area (Å²) in [6.07, 6.45) is 3.10. The number of hydrogen-bond acceptors (Lipinski definition) is 4. The zero-order chi connectivity index (χ0) is 16.1. The van der Waals surface area contributed by atoms with Gasteiger partial charge in [0.1, 0.15) is 0 Å². The van der Waals surface area contributed by atoms with E-state index in [1.54, 1.807) is 0 Å². The second kappa shape index (κ2) is 4.95. The van der Waals surface area contributed by atoms with E-state index in [1.165, 1.54) is 5.56 Å². The van der Waals surface area contributed by atoms with Crippen molar-refractivity contribution in [3.05, 3.63) is 58.0 Å². The Bertz CT molecular complexity index is 954.